The number of nitrogens with zero attached hydrogens (tertiary/aromatic N) is 1. The lowest BCUT2D eigenvalue weighted by Crippen LogP contribution is -2.49. The lowest BCUT2D eigenvalue weighted by atomic mass is 10.1. The van der Waals surface area contributed by atoms with E-state index in [2.05, 4.69) is 10.6 Å². The second-order valence-corrected chi connectivity index (χ2v) is 7.21. The Labute approximate surface area is 164 Å². The van der Waals surface area contributed by atoms with E-state index in [9.17, 15) is 14.4 Å². The van der Waals surface area contributed by atoms with E-state index in [-0.39, 0.29) is 42.8 Å². The van der Waals surface area contributed by atoms with Crippen molar-refractivity contribution in [1.29, 1.82) is 0 Å². The molecule has 2 heterocycles. The van der Waals surface area contributed by atoms with Crippen LogP contribution in [0.15, 0.2) is 18.2 Å². The summed E-state index contributed by atoms with van der Waals surface area (Å²) in [5.74, 6) is 0.128. The number of amides is 3. The zero-order valence-electron chi connectivity index (χ0n) is 16.3. The maximum Gasteiger partial charge on any atom is 0.251 e. The molecule has 0 aromatic heterocycles. The van der Waals surface area contributed by atoms with Crippen molar-refractivity contribution >= 4 is 17.7 Å². The highest BCUT2D eigenvalue weighted by atomic mass is 16.5. The number of fused-ring (bicyclic) bond motifs is 4. The van der Waals surface area contributed by atoms with Crippen molar-refractivity contribution in [3.8, 4) is 5.75 Å². The van der Waals surface area contributed by atoms with Gasteiger partial charge in [0.15, 0.2) is 0 Å². The van der Waals surface area contributed by atoms with Gasteiger partial charge < -0.3 is 25.0 Å². The first-order valence-corrected chi connectivity index (χ1v) is 9.58. The van der Waals surface area contributed by atoms with Crippen molar-refractivity contribution in [2.45, 2.75) is 38.3 Å². The predicted molar refractivity (Wildman–Crippen MR) is 102 cm³/mol. The molecular weight excluding hydrogens is 362 g/mol. The van der Waals surface area contributed by atoms with Crippen LogP contribution in [-0.2, 0) is 14.3 Å². The molecule has 0 unspecified atom stereocenters. The molecule has 28 heavy (non-hydrogen) atoms. The van der Waals surface area contributed by atoms with Crippen LogP contribution in [0.4, 0.5) is 0 Å². The number of rotatable bonds is 2. The van der Waals surface area contributed by atoms with Gasteiger partial charge in [0.1, 0.15) is 19.0 Å². The Balaban J connectivity index is 1.83. The Bertz CT molecular complexity index is 751. The molecule has 0 saturated carbocycles. The predicted octanol–water partition coefficient (Wildman–Crippen LogP) is 0.630. The third-order valence-corrected chi connectivity index (χ3v) is 5.23. The molecule has 4 bridgehead atoms. The Morgan fingerprint density at radius 3 is 2.82 bits per heavy atom. The molecule has 152 valence electrons. The molecule has 3 rings (SSSR count). The van der Waals surface area contributed by atoms with E-state index < -0.39 is 0 Å². The van der Waals surface area contributed by atoms with Gasteiger partial charge in [-0.05, 0) is 37.5 Å². The molecular formula is C20H27N3O5. The van der Waals surface area contributed by atoms with Crippen LogP contribution in [0, 0.1) is 6.92 Å². The lowest BCUT2D eigenvalue weighted by molar-refractivity contribution is -0.138. The second-order valence-electron chi connectivity index (χ2n) is 7.21. The van der Waals surface area contributed by atoms with E-state index in [4.69, 9.17) is 9.47 Å². The van der Waals surface area contributed by atoms with Crippen LogP contribution in [0.1, 0.15) is 35.2 Å². The molecule has 3 amide bonds. The Morgan fingerprint density at radius 2 is 2.04 bits per heavy atom. The van der Waals surface area contributed by atoms with Gasteiger partial charge in [-0.3, -0.25) is 14.4 Å². The van der Waals surface area contributed by atoms with E-state index in [1.165, 1.54) is 7.11 Å². The van der Waals surface area contributed by atoms with Gasteiger partial charge in [0, 0.05) is 37.7 Å². The Hall–Kier alpha value is -2.61. The monoisotopic (exact) mass is 389 g/mol. The number of nitrogens with one attached hydrogen (secondary N) is 2. The zero-order valence-corrected chi connectivity index (χ0v) is 16.3. The molecule has 1 saturated heterocycles. The fourth-order valence-electron chi connectivity index (χ4n) is 3.81. The summed E-state index contributed by atoms with van der Waals surface area (Å²) >= 11 is 0. The minimum Gasteiger partial charge on any atom is -0.491 e. The van der Waals surface area contributed by atoms with Gasteiger partial charge >= 0.3 is 0 Å². The second kappa shape index (κ2) is 9.05. The molecule has 2 aliphatic rings. The SMILES string of the molecule is COCC(=O)N1[C@@H]2CC[C@H]1CC(=O)NCCOc1cc(ccc1C)C(=O)NC2. The van der Waals surface area contributed by atoms with E-state index >= 15 is 0 Å². The van der Waals surface area contributed by atoms with E-state index in [0.29, 0.717) is 37.4 Å². The summed E-state index contributed by atoms with van der Waals surface area (Å²) in [5, 5.41) is 5.76. The fourth-order valence-corrected chi connectivity index (χ4v) is 3.81. The van der Waals surface area contributed by atoms with E-state index in [0.717, 1.165) is 12.0 Å². The molecule has 8 nitrogen and oxygen atoms in total. The zero-order chi connectivity index (χ0) is 20.1. The van der Waals surface area contributed by atoms with Crippen LogP contribution in [0.2, 0.25) is 0 Å². The van der Waals surface area contributed by atoms with Crippen LogP contribution in [0.5, 0.6) is 5.75 Å². The van der Waals surface area contributed by atoms with Crippen LogP contribution in [-0.4, -0.2) is 68.1 Å². The highest BCUT2D eigenvalue weighted by molar-refractivity contribution is 5.94. The normalized spacial score (nSPS) is 23.1. The summed E-state index contributed by atoms with van der Waals surface area (Å²) in [6.07, 6.45) is 1.68. The fraction of sp³-hybridized carbons (Fsp3) is 0.550. The number of hydrogen-bond acceptors (Lipinski definition) is 5. The average molecular weight is 389 g/mol. The third kappa shape index (κ3) is 4.62. The van der Waals surface area contributed by atoms with Gasteiger partial charge in [-0.2, -0.15) is 0 Å². The van der Waals surface area contributed by atoms with E-state index in [1.807, 2.05) is 13.0 Å². The molecule has 1 fully saturated rings. The van der Waals surface area contributed by atoms with Crippen molar-refractivity contribution in [2.75, 3.05) is 33.4 Å². The molecule has 1 aromatic rings. The highest BCUT2D eigenvalue weighted by Crippen LogP contribution is 2.27. The molecule has 0 spiro atoms. The first-order valence-electron chi connectivity index (χ1n) is 9.58. The number of hydrogen-bond donors (Lipinski definition) is 2. The van der Waals surface area contributed by atoms with Crippen LogP contribution < -0.4 is 15.4 Å². The lowest BCUT2D eigenvalue weighted by Gasteiger charge is -2.30. The molecule has 2 aliphatic heterocycles. The van der Waals surface area contributed by atoms with Gasteiger partial charge in [-0.25, -0.2) is 0 Å². The van der Waals surface area contributed by atoms with Crippen molar-refractivity contribution in [2.24, 2.45) is 0 Å². The van der Waals surface area contributed by atoms with Crippen molar-refractivity contribution < 1.29 is 23.9 Å². The summed E-state index contributed by atoms with van der Waals surface area (Å²) in [5.41, 5.74) is 1.42. The maximum absolute atomic E-state index is 12.6. The Morgan fingerprint density at radius 1 is 1.25 bits per heavy atom. The molecule has 0 radical (unpaired) electrons. The number of benzene rings is 1. The molecule has 2 atom stereocenters. The minimum atomic E-state index is -0.212. The van der Waals surface area contributed by atoms with Crippen LogP contribution in [0.3, 0.4) is 0 Å². The summed E-state index contributed by atoms with van der Waals surface area (Å²) in [4.78, 5) is 39.2. The first-order chi connectivity index (χ1) is 13.5. The summed E-state index contributed by atoms with van der Waals surface area (Å²) in [6.45, 7) is 2.85. The topological polar surface area (TPSA) is 97.0 Å². The van der Waals surface area contributed by atoms with Crippen LogP contribution >= 0.6 is 0 Å². The number of methoxy groups -OCH3 is 1. The van der Waals surface area contributed by atoms with Gasteiger partial charge in [-0.1, -0.05) is 6.07 Å². The minimum absolute atomic E-state index is 0.0439. The summed E-state index contributed by atoms with van der Waals surface area (Å²) in [6, 6.07) is 4.94. The molecule has 2 N–H and O–H groups in total. The number of ether oxygens (including phenoxy) is 2. The van der Waals surface area contributed by atoms with E-state index in [1.54, 1.807) is 17.0 Å². The number of carbonyl (C=O) groups excluding carboxylic acids is 3. The van der Waals surface area contributed by atoms with Crippen molar-refractivity contribution in [1.82, 2.24) is 15.5 Å². The van der Waals surface area contributed by atoms with Gasteiger partial charge in [0.2, 0.25) is 11.8 Å². The molecule has 8 heteroatoms. The van der Waals surface area contributed by atoms with Gasteiger partial charge in [0.25, 0.3) is 5.91 Å². The first kappa shape index (κ1) is 20.1. The summed E-state index contributed by atoms with van der Waals surface area (Å²) < 4.78 is 10.7. The maximum atomic E-state index is 12.6. The van der Waals surface area contributed by atoms with Gasteiger partial charge in [-0.15, -0.1) is 0 Å². The molecule has 1 aromatic carbocycles. The third-order valence-electron chi connectivity index (χ3n) is 5.23. The number of aryl methyl sites for hydroxylation is 1. The number of carbonyl (C=O) groups is 3. The van der Waals surface area contributed by atoms with Gasteiger partial charge in [0.05, 0.1) is 6.54 Å². The van der Waals surface area contributed by atoms with Crippen molar-refractivity contribution in [3.05, 3.63) is 29.3 Å². The smallest absolute Gasteiger partial charge is 0.251 e. The molecule has 0 aliphatic carbocycles. The standard InChI is InChI=1S/C20H27N3O5/c1-13-3-4-14-9-17(13)28-8-7-21-18(24)10-15-5-6-16(11-22-20(14)26)23(15)19(25)12-27-2/h3-4,9,15-16H,5-8,10-12H2,1-2H3,(H,21,24)(H,22,26)/t15-,16+/m0/s1. The summed E-state index contributed by atoms with van der Waals surface area (Å²) in [7, 11) is 1.47. The van der Waals surface area contributed by atoms with Crippen molar-refractivity contribution in [3.63, 3.8) is 0 Å². The average Bonchev–Trinajstić information content (AvgIpc) is 3.06. The largest absolute Gasteiger partial charge is 0.491 e. The Kier molecular flexibility index (Phi) is 6.51. The highest BCUT2D eigenvalue weighted by Gasteiger charge is 2.37. The quantitative estimate of drug-likeness (QED) is 0.773. The van der Waals surface area contributed by atoms with Crippen LogP contribution in [0.25, 0.3) is 0 Å².